The molecule has 0 amide bonds. The van der Waals surface area contributed by atoms with Crippen molar-refractivity contribution in [3.63, 3.8) is 0 Å². The predicted octanol–water partition coefficient (Wildman–Crippen LogP) is 2.44. The van der Waals surface area contributed by atoms with Gasteiger partial charge in [-0.15, -0.1) is 0 Å². The predicted molar refractivity (Wildman–Crippen MR) is 77.7 cm³/mol. The summed E-state index contributed by atoms with van der Waals surface area (Å²) in [5, 5.41) is 8.83. The maximum atomic E-state index is 8.83. The molecule has 108 valence electrons. The van der Waals surface area contributed by atoms with Crippen LogP contribution in [0.25, 0.3) is 0 Å². The number of hydrogen-bond donors (Lipinski definition) is 0. The zero-order valence-electron chi connectivity index (χ0n) is 12.0. The van der Waals surface area contributed by atoms with E-state index in [1.165, 1.54) is 0 Å². The third-order valence-corrected chi connectivity index (χ3v) is 3.70. The second kappa shape index (κ2) is 7.88. The summed E-state index contributed by atoms with van der Waals surface area (Å²) in [5.41, 5.74) is 0.641. The Kier molecular flexibility index (Phi) is 5.85. The van der Waals surface area contributed by atoms with Crippen LogP contribution >= 0.6 is 0 Å². The molecule has 0 aromatic heterocycles. The molecule has 2 rings (SSSR count). The van der Waals surface area contributed by atoms with Crippen LogP contribution in [0.15, 0.2) is 24.3 Å². The van der Waals surface area contributed by atoms with Crippen molar-refractivity contribution in [2.24, 2.45) is 0 Å². The molecule has 0 atom stereocenters. The van der Waals surface area contributed by atoms with E-state index >= 15 is 0 Å². The van der Waals surface area contributed by atoms with E-state index in [4.69, 9.17) is 14.7 Å². The molecular weight excluding hydrogens is 252 g/mol. The fourth-order valence-electron chi connectivity index (χ4n) is 2.47. The number of ether oxygens (including phenoxy) is 2. The van der Waals surface area contributed by atoms with Gasteiger partial charge in [0.05, 0.1) is 18.2 Å². The lowest BCUT2D eigenvalue weighted by Crippen LogP contribution is -2.37. The molecule has 0 bridgehead atoms. The Hall–Kier alpha value is -1.57. The monoisotopic (exact) mass is 274 g/mol. The lowest BCUT2D eigenvalue weighted by molar-refractivity contribution is 0.0417. The van der Waals surface area contributed by atoms with Crippen molar-refractivity contribution < 1.29 is 9.47 Å². The fourth-order valence-corrected chi connectivity index (χ4v) is 2.47. The first-order valence-electron chi connectivity index (χ1n) is 7.20. The number of hydrogen-bond acceptors (Lipinski definition) is 4. The zero-order chi connectivity index (χ0) is 14.2. The molecule has 1 saturated heterocycles. The molecule has 0 spiro atoms. The highest BCUT2D eigenvalue weighted by Crippen LogP contribution is 2.14. The Morgan fingerprint density at radius 1 is 1.40 bits per heavy atom. The summed E-state index contributed by atoms with van der Waals surface area (Å²) < 4.78 is 11.1. The Morgan fingerprint density at radius 2 is 2.20 bits per heavy atom. The lowest BCUT2D eigenvalue weighted by Gasteiger charge is -2.31. The molecule has 1 aromatic carbocycles. The third-order valence-electron chi connectivity index (χ3n) is 3.70. The molecule has 1 fully saturated rings. The largest absolute Gasteiger partial charge is 0.494 e. The molecule has 4 heteroatoms. The maximum absolute atomic E-state index is 8.83. The summed E-state index contributed by atoms with van der Waals surface area (Å²) in [4.78, 5) is 2.40. The van der Waals surface area contributed by atoms with Crippen LogP contribution in [0.4, 0.5) is 0 Å². The summed E-state index contributed by atoms with van der Waals surface area (Å²) in [7, 11) is 2.17. The van der Waals surface area contributed by atoms with Crippen molar-refractivity contribution >= 4 is 0 Å². The van der Waals surface area contributed by atoms with Gasteiger partial charge in [-0.05, 0) is 44.5 Å². The SMILES string of the molecule is CN(CCCOc1cccc(C#N)c1)C1CCOCC1. The van der Waals surface area contributed by atoms with Gasteiger partial charge in [-0.1, -0.05) is 6.07 Å². The quantitative estimate of drug-likeness (QED) is 0.747. The van der Waals surface area contributed by atoms with Crippen LogP contribution in [0, 0.1) is 11.3 Å². The molecule has 0 saturated carbocycles. The van der Waals surface area contributed by atoms with Crippen LogP contribution in [-0.2, 0) is 4.74 Å². The van der Waals surface area contributed by atoms with Crippen molar-refractivity contribution in [1.82, 2.24) is 4.90 Å². The Balaban J connectivity index is 1.66. The zero-order valence-corrected chi connectivity index (χ0v) is 12.0. The van der Waals surface area contributed by atoms with Crippen LogP contribution in [0.1, 0.15) is 24.8 Å². The van der Waals surface area contributed by atoms with Gasteiger partial charge in [0.2, 0.25) is 0 Å². The van der Waals surface area contributed by atoms with Crippen molar-refractivity contribution in [1.29, 1.82) is 5.26 Å². The first-order valence-corrected chi connectivity index (χ1v) is 7.20. The minimum atomic E-state index is 0.641. The van der Waals surface area contributed by atoms with Gasteiger partial charge < -0.3 is 14.4 Å². The number of rotatable bonds is 6. The summed E-state index contributed by atoms with van der Waals surface area (Å²) in [6.07, 6.45) is 3.24. The van der Waals surface area contributed by atoms with E-state index in [9.17, 15) is 0 Å². The van der Waals surface area contributed by atoms with Gasteiger partial charge in [-0.2, -0.15) is 5.26 Å². The second-order valence-corrected chi connectivity index (χ2v) is 5.17. The number of nitrogens with zero attached hydrogens (tertiary/aromatic N) is 2. The molecule has 1 heterocycles. The average Bonchev–Trinajstić information content (AvgIpc) is 2.52. The van der Waals surface area contributed by atoms with Crippen molar-refractivity contribution in [3.05, 3.63) is 29.8 Å². The van der Waals surface area contributed by atoms with Gasteiger partial charge in [-0.25, -0.2) is 0 Å². The van der Waals surface area contributed by atoms with Crippen LogP contribution in [0.3, 0.4) is 0 Å². The molecule has 0 N–H and O–H groups in total. The first-order chi connectivity index (χ1) is 9.79. The van der Waals surface area contributed by atoms with E-state index in [0.717, 1.165) is 44.8 Å². The average molecular weight is 274 g/mol. The van der Waals surface area contributed by atoms with Gasteiger partial charge in [0.25, 0.3) is 0 Å². The fraction of sp³-hybridized carbons (Fsp3) is 0.562. The highest BCUT2D eigenvalue weighted by atomic mass is 16.5. The van der Waals surface area contributed by atoms with E-state index in [0.29, 0.717) is 18.2 Å². The topological polar surface area (TPSA) is 45.5 Å². The molecule has 1 aliphatic heterocycles. The molecule has 0 radical (unpaired) electrons. The Labute approximate surface area is 120 Å². The van der Waals surface area contributed by atoms with Gasteiger partial charge in [0.1, 0.15) is 5.75 Å². The van der Waals surface area contributed by atoms with Crippen LogP contribution in [-0.4, -0.2) is 44.4 Å². The van der Waals surface area contributed by atoms with E-state index in [2.05, 4.69) is 18.0 Å². The van der Waals surface area contributed by atoms with Crippen molar-refractivity contribution in [3.8, 4) is 11.8 Å². The lowest BCUT2D eigenvalue weighted by atomic mass is 10.1. The maximum Gasteiger partial charge on any atom is 0.120 e. The number of benzene rings is 1. The molecule has 0 aliphatic carbocycles. The molecule has 20 heavy (non-hydrogen) atoms. The Morgan fingerprint density at radius 3 is 2.95 bits per heavy atom. The summed E-state index contributed by atoms with van der Waals surface area (Å²) in [6.45, 7) is 3.48. The third kappa shape index (κ3) is 4.52. The van der Waals surface area contributed by atoms with Crippen molar-refractivity contribution in [2.75, 3.05) is 33.4 Å². The summed E-state index contributed by atoms with van der Waals surface area (Å²) in [5.74, 6) is 0.776. The molecule has 1 aliphatic rings. The van der Waals surface area contributed by atoms with Crippen LogP contribution < -0.4 is 4.74 Å². The van der Waals surface area contributed by atoms with Gasteiger partial charge in [0.15, 0.2) is 0 Å². The minimum absolute atomic E-state index is 0.641. The van der Waals surface area contributed by atoms with E-state index in [1.807, 2.05) is 12.1 Å². The molecule has 1 aromatic rings. The number of nitriles is 1. The molecular formula is C16H22N2O2. The first kappa shape index (κ1) is 14.8. The van der Waals surface area contributed by atoms with E-state index in [-0.39, 0.29) is 0 Å². The van der Waals surface area contributed by atoms with E-state index in [1.54, 1.807) is 12.1 Å². The highest BCUT2D eigenvalue weighted by molar-refractivity contribution is 5.36. The van der Waals surface area contributed by atoms with Gasteiger partial charge in [0, 0.05) is 25.8 Å². The molecule has 0 unspecified atom stereocenters. The van der Waals surface area contributed by atoms with E-state index < -0.39 is 0 Å². The summed E-state index contributed by atoms with van der Waals surface area (Å²) in [6, 6.07) is 10.1. The highest BCUT2D eigenvalue weighted by Gasteiger charge is 2.17. The van der Waals surface area contributed by atoms with Crippen molar-refractivity contribution in [2.45, 2.75) is 25.3 Å². The molecule has 4 nitrogen and oxygen atoms in total. The van der Waals surface area contributed by atoms with Gasteiger partial charge >= 0.3 is 0 Å². The smallest absolute Gasteiger partial charge is 0.120 e. The summed E-state index contributed by atoms with van der Waals surface area (Å²) >= 11 is 0. The second-order valence-electron chi connectivity index (χ2n) is 5.17. The Bertz CT molecular complexity index is 450. The van der Waals surface area contributed by atoms with Gasteiger partial charge in [-0.3, -0.25) is 0 Å². The normalized spacial score (nSPS) is 16.1. The van der Waals surface area contributed by atoms with Crippen LogP contribution in [0.2, 0.25) is 0 Å². The standard InChI is InChI=1S/C16H22N2O2/c1-18(15-6-10-19-11-7-15)8-3-9-20-16-5-2-4-14(12-16)13-17/h2,4-5,12,15H,3,6-11H2,1H3. The minimum Gasteiger partial charge on any atom is -0.494 e. The van der Waals surface area contributed by atoms with Crippen LogP contribution in [0.5, 0.6) is 5.75 Å².